The predicted molar refractivity (Wildman–Crippen MR) is 76.3 cm³/mol. The van der Waals surface area contributed by atoms with E-state index in [0.29, 0.717) is 18.8 Å². The van der Waals surface area contributed by atoms with Gasteiger partial charge in [-0.2, -0.15) is 5.26 Å². The number of rotatable bonds is 3. The Labute approximate surface area is 120 Å². The molecule has 3 heteroatoms. The summed E-state index contributed by atoms with van der Waals surface area (Å²) in [6.07, 6.45) is 4.87. The number of aliphatic hydroxyl groups is 1. The van der Waals surface area contributed by atoms with Gasteiger partial charge in [-0.15, -0.1) is 0 Å². The first kappa shape index (κ1) is 13.5. The summed E-state index contributed by atoms with van der Waals surface area (Å²) in [5.74, 6) is 1.41. The zero-order valence-electron chi connectivity index (χ0n) is 11.9. The zero-order chi connectivity index (χ0) is 14.2. The topological polar surface area (TPSA) is 53.2 Å². The summed E-state index contributed by atoms with van der Waals surface area (Å²) in [5.41, 5.74) is -0.814. The Morgan fingerprint density at radius 2 is 2.20 bits per heavy atom. The zero-order valence-corrected chi connectivity index (χ0v) is 11.9. The van der Waals surface area contributed by atoms with Gasteiger partial charge in [0.05, 0.1) is 11.7 Å². The molecule has 1 fully saturated rings. The Morgan fingerprint density at radius 3 is 2.85 bits per heavy atom. The highest BCUT2D eigenvalue weighted by atomic mass is 16.5. The largest absolute Gasteiger partial charge is 0.492 e. The minimum Gasteiger partial charge on any atom is -0.492 e. The van der Waals surface area contributed by atoms with E-state index in [1.54, 1.807) is 0 Å². The van der Waals surface area contributed by atoms with Gasteiger partial charge in [-0.05, 0) is 30.9 Å². The highest BCUT2D eigenvalue weighted by Crippen LogP contribution is 2.46. The van der Waals surface area contributed by atoms with Crippen molar-refractivity contribution >= 4 is 0 Å². The van der Waals surface area contributed by atoms with Crippen LogP contribution in [0.2, 0.25) is 0 Å². The van der Waals surface area contributed by atoms with Gasteiger partial charge >= 0.3 is 0 Å². The van der Waals surface area contributed by atoms with E-state index < -0.39 is 11.0 Å². The maximum Gasteiger partial charge on any atom is 0.124 e. The fourth-order valence-electron chi connectivity index (χ4n) is 3.36. The van der Waals surface area contributed by atoms with E-state index in [0.717, 1.165) is 11.3 Å². The van der Waals surface area contributed by atoms with Crippen molar-refractivity contribution in [3.63, 3.8) is 0 Å². The van der Waals surface area contributed by atoms with E-state index in [9.17, 15) is 10.4 Å². The molecule has 1 aromatic rings. The predicted octanol–water partition coefficient (Wildman–Crippen LogP) is 3.07. The maximum absolute atomic E-state index is 10.9. The lowest BCUT2D eigenvalue weighted by molar-refractivity contribution is -0.0876. The van der Waals surface area contributed by atoms with Gasteiger partial charge in [0.2, 0.25) is 0 Å². The van der Waals surface area contributed by atoms with Crippen LogP contribution in [-0.2, 0) is 6.42 Å². The van der Waals surface area contributed by atoms with Crippen LogP contribution in [0.25, 0.3) is 0 Å². The molecule has 1 saturated carbocycles. The number of para-hydroxylation sites is 1. The monoisotopic (exact) mass is 271 g/mol. The molecule has 2 aliphatic rings. The molecule has 3 rings (SSSR count). The van der Waals surface area contributed by atoms with Gasteiger partial charge in [0.25, 0.3) is 0 Å². The molecule has 1 aliphatic heterocycles. The molecule has 1 aromatic carbocycles. The van der Waals surface area contributed by atoms with Crippen molar-refractivity contribution in [3.05, 3.63) is 29.8 Å². The minimum atomic E-state index is -1.000. The van der Waals surface area contributed by atoms with Crippen molar-refractivity contribution in [2.24, 2.45) is 11.3 Å². The molecule has 0 spiro atoms. The van der Waals surface area contributed by atoms with Crippen LogP contribution in [0.5, 0.6) is 5.75 Å². The number of hydrogen-bond acceptors (Lipinski definition) is 3. The Bertz CT molecular complexity index is 542. The molecule has 20 heavy (non-hydrogen) atoms. The third kappa shape index (κ3) is 2.09. The number of nitrogens with zero attached hydrogens (tertiary/aromatic N) is 1. The van der Waals surface area contributed by atoms with Crippen LogP contribution < -0.4 is 4.74 Å². The lowest BCUT2D eigenvalue weighted by Crippen LogP contribution is -2.53. The van der Waals surface area contributed by atoms with Crippen LogP contribution in [0.3, 0.4) is 0 Å². The van der Waals surface area contributed by atoms with Gasteiger partial charge in [-0.3, -0.25) is 0 Å². The Balaban J connectivity index is 1.87. The van der Waals surface area contributed by atoms with Crippen LogP contribution in [-0.4, -0.2) is 17.3 Å². The van der Waals surface area contributed by atoms with Gasteiger partial charge < -0.3 is 9.84 Å². The summed E-state index contributed by atoms with van der Waals surface area (Å²) >= 11 is 0. The van der Waals surface area contributed by atoms with Crippen LogP contribution >= 0.6 is 0 Å². The number of benzene rings is 1. The first-order valence-corrected chi connectivity index (χ1v) is 7.41. The molecule has 2 unspecified atom stereocenters. The van der Waals surface area contributed by atoms with Crippen molar-refractivity contribution in [3.8, 4) is 11.8 Å². The quantitative estimate of drug-likeness (QED) is 0.919. The SMILES string of the molecule is CC(O)(CC1CCC1)C1(C#N)COc2ccccc2C1. The van der Waals surface area contributed by atoms with Crippen LogP contribution in [0.15, 0.2) is 24.3 Å². The van der Waals surface area contributed by atoms with Gasteiger partial charge in [0.1, 0.15) is 17.8 Å². The number of nitriles is 1. The standard InChI is InChI=1S/C17H21NO2/c1-16(19,9-13-5-4-6-13)17(11-18)10-14-7-2-3-8-15(14)20-12-17/h2-3,7-8,13,19H,4-6,9-10,12H2,1H3. The summed E-state index contributed by atoms with van der Waals surface area (Å²) in [6.45, 7) is 2.09. The first-order chi connectivity index (χ1) is 9.56. The molecular weight excluding hydrogens is 250 g/mol. The lowest BCUT2D eigenvalue weighted by atomic mass is 9.64. The number of hydrogen-bond donors (Lipinski definition) is 1. The van der Waals surface area contributed by atoms with Crippen molar-refractivity contribution in [2.45, 2.75) is 44.6 Å². The highest BCUT2D eigenvalue weighted by Gasteiger charge is 2.51. The second-order valence-corrected chi connectivity index (χ2v) is 6.54. The molecule has 1 N–H and O–H groups in total. The molecule has 3 nitrogen and oxygen atoms in total. The van der Waals surface area contributed by atoms with Gasteiger partial charge in [0, 0.05) is 6.42 Å². The Kier molecular flexibility index (Phi) is 3.22. The fraction of sp³-hybridized carbons (Fsp3) is 0.588. The maximum atomic E-state index is 10.9. The van der Waals surface area contributed by atoms with Crippen LogP contribution in [0.1, 0.15) is 38.2 Å². The second kappa shape index (κ2) is 4.79. The average Bonchev–Trinajstić information content (AvgIpc) is 2.42. The van der Waals surface area contributed by atoms with Gasteiger partial charge in [-0.25, -0.2) is 0 Å². The normalized spacial score (nSPS) is 28.4. The summed E-state index contributed by atoms with van der Waals surface area (Å²) in [4.78, 5) is 0. The van der Waals surface area contributed by atoms with Gasteiger partial charge in [-0.1, -0.05) is 37.5 Å². The molecule has 1 aliphatic carbocycles. The van der Waals surface area contributed by atoms with Crippen molar-refractivity contribution < 1.29 is 9.84 Å². The van der Waals surface area contributed by atoms with Crippen molar-refractivity contribution in [1.29, 1.82) is 5.26 Å². The van der Waals surface area contributed by atoms with E-state index in [4.69, 9.17) is 4.74 Å². The fourth-order valence-corrected chi connectivity index (χ4v) is 3.36. The molecule has 0 radical (unpaired) electrons. The van der Waals surface area contributed by atoms with Gasteiger partial charge in [0.15, 0.2) is 0 Å². The second-order valence-electron chi connectivity index (χ2n) is 6.54. The summed E-state index contributed by atoms with van der Waals surface area (Å²) in [5, 5.41) is 20.7. The number of ether oxygens (including phenoxy) is 1. The third-order valence-corrected chi connectivity index (χ3v) is 5.09. The molecule has 2 atom stereocenters. The average molecular weight is 271 g/mol. The highest BCUT2D eigenvalue weighted by molar-refractivity contribution is 5.38. The van der Waals surface area contributed by atoms with Crippen LogP contribution in [0.4, 0.5) is 0 Å². The third-order valence-electron chi connectivity index (χ3n) is 5.09. The molecule has 1 heterocycles. The summed E-state index contributed by atoms with van der Waals surface area (Å²) in [7, 11) is 0. The van der Waals surface area contributed by atoms with E-state index >= 15 is 0 Å². The summed E-state index contributed by atoms with van der Waals surface area (Å²) in [6, 6.07) is 10.2. The lowest BCUT2D eigenvalue weighted by Gasteiger charge is -2.45. The molecule has 106 valence electrons. The van der Waals surface area contributed by atoms with E-state index in [1.807, 2.05) is 31.2 Å². The smallest absolute Gasteiger partial charge is 0.124 e. The molecular formula is C17H21NO2. The van der Waals surface area contributed by atoms with E-state index in [2.05, 4.69) is 6.07 Å². The summed E-state index contributed by atoms with van der Waals surface area (Å²) < 4.78 is 5.77. The molecule has 0 saturated heterocycles. The minimum absolute atomic E-state index is 0.278. The van der Waals surface area contributed by atoms with Crippen molar-refractivity contribution in [1.82, 2.24) is 0 Å². The van der Waals surface area contributed by atoms with Crippen LogP contribution in [0, 0.1) is 22.7 Å². The number of fused-ring (bicyclic) bond motifs is 1. The molecule has 0 bridgehead atoms. The van der Waals surface area contributed by atoms with E-state index in [-0.39, 0.29) is 6.61 Å². The van der Waals surface area contributed by atoms with Crippen molar-refractivity contribution in [2.75, 3.05) is 6.61 Å². The molecule has 0 amide bonds. The Morgan fingerprint density at radius 1 is 1.45 bits per heavy atom. The van der Waals surface area contributed by atoms with E-state index in [1.165, 1.54) is 19.3 Å². The molecule has 0 aromatic heterocycles. The first-order valence-electron chi connectivity index (χ1n) is 7.41. The Hall–Kier alpha value is -1.53.